The zero-order valence-electron chi connectivity index (χ0n) is 13.4. The predicted molar refractivity (Wildman–Crippen MR) is 88.7 cm³/mol. The van der Waals surface area contributed by atoms with Crippen LogP contribution in [0.4, 0.5) is 10.5 Å². The van der Waals surface area contributed by atoms with E-state index in [4.69, 9.17) is 21.9 Å². The third kappa shape index (κ3) is 4.23. The number of hydrogen-bond donors (Lipinski definition) is 2. The minimum absolute atomic E-state index is 0.174. The average molecular weight is 352 g/mol. The fourth-order valence-corrected chi connectivity index (χ4v) is 2.26. The van der Waals surface area contributed by atoms with Crippen LogP contribution < -0.4 is 11.1 Å². The molecule has 0 saturated heterocycles. The quantitative estimate of drug-likeness (QED) is 0.829. The van der Waals surface area contributed by atoms with E-state index < -0.39 is 5.91 Å². The Balaban J connectivity index is 2.06. The van der Waals surface area contributed by atoms with Gasteiger partial charge in [-0.3, -0.25) is 4.79 Å². The number of rotatable bonds is 6. The first-order chi connectivity index (χ1) is 11.4. The van der Waals surface area contributed by atoms with Crippen LogP contribution in [0.3, 0.4) is 0 Å². The largest absolute Gasteiger partial charge is 0.366 e. The topological polar surface area (TPSA) is 114 Å². The molecular formula is C15H18ClN5O3. The maximum absolute atomic E-state index is 12.3. The highest BCUT2D eigenvalue weighted by Gasteiger charge is 2.17. The summed E-state index contributed by atoms with van der Waals surface area (Å²) in [5.74, 6) is 0.331. The maximum atomic E-state index is 12.3. The lowest BCUT2D eigenvalue weighted by molar-refractivity contribution is 0.100. The van der Waals surface area contributed by atoms with Crippen LogP contribution in [0.1, 0.15) is 35.9 Å². The van der Waals surface area contributed by atoms with Crippen molar-refractivity contribution in [3.63, 3.8) is 0 Å². The molecule has 0 fully saturated rings. The van der Waals surface area contributed by atoms with E-state index >= 15 is 0 Å². The first-order valence-electron chi connectivity index (χ1n) is 7.41. The molecule has 0 radical (unpaired) electrons. The Labute approximate surface area is 144 Å². The van der Waals surface area contributed by atoms with Gasteiger partial charge in [0.05, 0.1) is 10.6 Å². The van der Waals surface area contributed by atoms with Crippen LogP contribution in [0, 0.1) is 0 Å². The van der Waals surface area contributed by atoms with E-state index in [2.05, 4.69) is 15.5 Å². The van der Waals surface area contributed by atoms with Crippen molar-refractivity contribution in [2.45, 2.75) is 26.8 Å². The number of aromatic nitrogens is 2. The number of urea groups is 1. The second kappa shape index (κ2) is 7.78. The molecule has 3 N–H and O–H groups in total. The lowest BCUT2D eigenvalue weighted by atomic mass is 10.2. The Morgan fingerprint density at radius 2 is 2.12 bits per heavy atom. The Hall–Kier alpha value is -2.61. The normalized spacial score (nSPS) is 10.5. The van der Waals surface area contributed by atoms with Crippen molar-refractivity contribution in [3.8, 4) is 0 Å². The van der Waals surface area contributed by atoms with Gasteiger partial charge in [0.2, 0.25) is 11.8 Å². The molecule has 2 aromatic rings. The second-order valence-corrected chi connectivity index (χ2v) is 5.37. The molecule has 0 atom stereocenters. The molecule has 1 aromatic heterocycles. The molecule has 1 aromatic carbocycles. The highest BCUT2D eigenvalue weighted by molar-refractivity contribution is 6.34. The molecule has 0 aliphatic heterocycles. The van der Waals surface area contributed by atoms with Crippen molar-refractivity contribution >= 4 is 29.2 Å². The zero-order valence-corrected chi connectivity index (χ0v) is 14.1. The van der Waals surface area contributed by atoms with E-state index in [9.17, 15) is 9.59 Å². The highest BCUT2D eigenvalue weighted by Crippen LogP contribution is 2.21. The Morgan fingerprint density at radius 1 is 1.38 bits per heavy atom. The van der Waals surface area contributed by atoms with Crippen LogP contribution in [-0.4, -0.2) is 33.5 Å². The molecule has 2 rings (SSSR count). The van der Waals surface area contributed by atoms with Gasteiger partial charge < -0.3 is 20.5 Å². The van der Waals surface area contributed by atoms with Crippen LogP contribution in [0.25, 0.3) is 0 Å². The van der Waals surface area contributed by atoms with E-state index in [0.717, 1.165) is 0 Å². The molecule has 8 nitrogen and oxygen atoms in total. The number of nitrogens with zero attached hydrogens (tertiary/aromatic N) is 3. The maximum Gasteiger partial charge on any atom is 0.322 e. The average Bonchev–Trinajstić information content (AvgIpc) is 3.00. The summed E-state index contributed by atoms with van der Waals surface area (Å²) in [6.07, 6.45) is 0.659. The Morgan fingerprint density at radius 3 is 2.67 bits per heavy atom. The minimum Gasteiger partial charge on any atom is -0.366 e. The van der Waals surface area contributed by atoms with Crippen molar-refractivity contribution in [2.75, 3.05) is 11.9 Å². The van der Waals surface area contributed by atoms with Crippen molar-refractivity contribution in [2.24, 2.45) is 5.73 Å². The number of halogens is 1. The number of nitrogens with two attached hydrogens (primary N) is 1. The molecule has 0 unspecified atom stereocenters. The van der Waals surface area contributed by atoms with Crippen molar-refractivity contribution < 1.29 is 14.1 Å². The van der Waals surface area contributed by atoms with Crippen LogP contribution >= 0.6 is 11.6 Å². The third-order valence-electron chi connectivity index (χ3n) is 3.31. The summed E-state index contributed by atoms with van der Waals surface area (Å²) >= 11 is 5.97. The van der Waals surface area contributed by atoms with E-state index in [1.807, 2.05) is 13.8 Å². The van der Waals surface area contributed by atoms with Gasteiger partial charge in [-0.2, -0.15) is 4.98 Å². The van der Waals surface area contributed by atoms with Gasteiger partial charge in [0, 0.05) is 18.7 Å². The van der Waals surface area contributed by atoms with Crippen LogP contribution in [0.2, 0.25) is 5.02 Å². The van der Waals surface area contributed by atoms with Gasteiger partial charge in [-0.15, -0.1) is 0 Å². The number of nitrogens with one attached hydrogen (secondary N) is 1. The van der Waals surface area contributed by atoms with E-state index in [0.29, 0.717) is 30.4 Å². The van der Waals surface area contributed by atoms with Crippen molar-refractivity contribution in [1.29, 1.82) is 0 Å². The SMILES string of the molecule is CCc1noc(CN(CC)C(=O)Nc2ccc(C(N)=O)c(Cl)c2)n1. The number of carbonyl (C=O) groups is 2. The lowest BCUT2D eigenvalue weighted by Gasteiger charge is -2.19. The lowest BCUT2D eigenvalue weighted by Crippen LogP contribution is -2.34. The molecule has 24 heavy (non-hydrogen) atoms. The number of primary amides is 1. The number of carbonyl (C=O) groups excluding carboxylic acids is 2. The standard InChI is InChI=1S/C15H18ClN5O3/c1-3-12-19-13(24-20-12)8-21(4-2)15(23)18-9-5-6-10(14(17)22)11(16)7-9/h5-7H,3-4,8H2,1-2H3,(H2,17,22)(H,18,23). The first kappa shape index (κ1) is 17.7. The molecule has 0 bridgehead atoms. The first-order valence-corrected chi connectivity index (χ1v) is 7.79. The monoisotopic (exact) mass is 351 g/mol. The van der Waals surface area contributed by atoms with Crippen LogP contribution in [-0.2, 0) is 13.0 Å². The molecule has 0 spiro atoms. The predicted octanol–water partition coefficient (Wildman–Crippen LogP) is 2.44. The molecule has 3 amide bonds. The summed E-state index contributed by atoms with van der Waals surface area (Å²) in [5.41, 5.74) is 5.84. The fourth-order valence-electron chi connectivity index (χ4n) is 1.98. The van der Waals surface area contributed by atoms with Crippen molar-refractivity contribution in [1.82, 2.24) is 15.0 Å². The summed E-state index contributed by atoms with van der Waals surface area (Å²) in [4.78, 5) is 29.2. The molecule has 1 heterocycles. The van der Waals surface area contributed by atoms with Gasteiger partial charge in [-0.25, -0.2) is 4.79 Å². The number of amides is 3. The summed E-state index contributed by atoms with van der Waals surface area (Å²) in [5, 5.41) is 6.67. The smallest absolute Gasteiger partial charge is 0.322 e. The van der Waals surface area contributed by atoms with Gasteiger partial charge >= 0.3 is 6.03 Å². The minimum atomic E-state index is -0.629. The molecule has 0 aliphatic rings. The Kier molecular flexibility index (Phi) is 5.75. The summed E-state index contributed by atoms with van der Waals surface area (Å²) in [6, 6.07) is 4.13. The molecular weight excluding hydrogens is 334 g/mol. The van der Waals surface area contributed by atoms with E-state index in [1.165, 1.54) is 17.0 Å². The molecule has 0 aliphatic carbocycles. The molecule has 0 saturated carbocycles. The summed E-state index contributed by atoms with van der Waals surface area (Å²) < 4.78 is 5.09. The van der Waals surface area contributed by atoms with Gasteiger partial charge in [0.15, 0.2) is 5.82 Å². The van der Waals surface area contributed by atoms with Gasteiger partial charge in [-0.1, -0.05) is 23.7 Å². The second-order valence-electron chi connectivity index (χ2n) is 4.96. The number of hydrogen-bond acceptors (Lipinski definition) is 5. The molecule has 128 valence electrons. The number of benzene rings is 1. The summed E-state index contributed by atoms with van der Waals surface area (Å²) in [7, 11) is 0. The van der Waals surface area contributed by atoms with E-state index in [1.54, 1.807) is 6.07 Å². The van der Waals surface area contributed by atoms with Crippen LogP contribution in [0.5, 0.6) is 0 Å². The number of anilines is 1. The van der Waals surface area contributed by atoms with Crippen LogP contribution in [0.15, 0.2) is 22.7 Å². The van der Waals surface area contributed by atoms with Crippen molar-refractivity contribution in [3.05, 3.63) is 40.5 Å². The third-order valence-corrected chi connectivity index (χ3v) is 3.62. The van der Waals surface area contributed by atoms with Gasteiger partial charge in [0.1, 0.15) is 6.54 Å². The van der Waals surface area contributed by atoms with Gasteiger partial charge in [0.25, 0.3) is 0 Å². The highest BCUT2D eigenvalue weighted by atomic mass is 35.5. The van der Waals surface area contributed by atoms with E-state index in [-0.39, 0.29) is 23.2 Å². The zero-order chi connectivity index (χ0) is 17.7. The number of aryl methyl sites for hydroxylation is 1. The Bertz CT molecular complexity index is 746. The molecule has 9 heteroatoms. The van der Waals surface area contributed by atoms with Gasteiger partial charge in [-0.05, 0) is 25.1 Å². The summed E-state index contributed by atoms with van der Waals surface area (Å²) in [6.45, 7) is 4.39. The fraction of sp³-hybridized carbons (Fsp3) is 0.333.